The summed E-state index contributed by atoms with van der Waals surface area (Å²) in [7, 11) is 0. The van der Waals surface area contributed by atoms with Gasteiger partial charge >= 0.3 is 0 Å². The molecule has 0 fully saturated rings. The minimum absolute atomic E-state index is 0.0102. The first-order chi connectivity index (χ1) is 14.6. The Labute approximate surface area is 175 Å². The Hall–Kier alpha value is -3.57. The molecular weight excluding hydrogens is 376 g/mol. The van der Waals surface area contributed by atoms with E-state index in [2.05, 4.69) is 5.32 Å². The Morgan fingerprint density at radius 2 is 1.30 bits per heavy atom. The quantitative estimate of drug-likeness (QED) is 0.357. The van der Waals surface area contributed by atoms with Crippen LogP contribution in [0.2, 0.25) is 0 Å². The van der Waals surface area contributed by atoms with Crippen LogP contribution in [0, 0.1) is 0 Å². The topological polar surface area (TPSA) is 66.5 Å². The molecule has 30 heavy (non-hydrogen) atoms. The van der Waals surface area contributed by atoms with E-state index in [4.69, 9.17) is 0 Å². The average Bonchev–Trinajstić information content (AvgIpc) is 3.04. The van der Waals surface area contributed by atoms with Gasteiger partial charge in [0.15, 0.2) is 5.78 Å². The summed E-state index contributed by atoms with van der Waals surface area (Å²) in [5, 5.41) is 3.32. The number of imide groups is 1. The molecule has 0 aliphatic carbocycles. The second-order valence-corrected chi connectivity index (χ2v) is 7.23. The highest BCUT2D eigenvalue weighted by Crippen LogP contribution is 2.22. The van der Waals surface area contributed by atoms with E-state index in [-0.39, 0.29) is 17.6 Å². The minimum Gasteiger partial charge on any atom is -0.313 e. The van der Waals surface area contributed by atoms with Crippen LogP contribution in [0.5, 0.6) is 0 Å². The number of ketones is 1. The van der Waals surface area contributed by atoms with Crippen molar-refractivity contribution in [2.24, 2.45) is 0 Å². The Kier molecular flexibility index (Phi) is 5.82. The van der Waals surface area contributed by atoms with Crippen molar-refractivity contribution in [3.63, 3.8) is 0 Å². The van der Waals surface area contributed by atoms with Gasteiger partial charge < -0.3 is 5.32 Å². The third-order valence-corrected chi connectivity index (χ3v) is 5.19. The zero-order valence-electron chi connectivity index (χ0n) is 16.5. The third-order valence-electron chi connectivity index (χ3n) is 5.19. The monoisotopic (exact) mass is 398 g/mol. The summed E-state index contributed by atoms with van der Waals surface area (Å²) in [5.41, 5.74) is 3.38. The number of fused-ring (bicyclic) bond motifs is 1. The Bertz CT molecular complexity index is 1040. The van der Waals surface area contributed by atoms with Crippen molar-refractivity contribution in [3.05, 3.63) is 107 Å². The van der Waals surface area contributed by atoms with Gasteiger partial charge in [-0.05, 0) is 30.7 Å². The molecule has 1 aliphatic heterocycles. The van der Waals surface area contributed by atoms with Gasteiger partial charge in [0.25, 0.3) is 11.8 Å². The maximum Gasteiger partial charge on any atom is 0.261 e. The summed E-state index contributed by atoms with van der Waals surface area (Å²) >= 11 is 0. The molecule has 3 aromatic rings. The van der Waals surface area contributed by atoms with Crippen LogP contribution in [-0.4, -0.2) is 35.6 Å². The van der Waals surface area contributed by atoms with Gasteiger partial charge in [0.2, 0.25) is 0 Å². The molecule has 0 bridgehead atoms. The van der Waals surface area contributed by atoms with Crippen molar-refractivity contribution >= 4 is 17.6 Å². The predicted molar refractivity (Wildman–Crippen MR) is 114 cm³/mol. The maximum atomic E-state index is 12.4. The summed E-state index contributed by atoms with van der Waals surface area (Å²) in [4.78, 5) is 38.4. The summed E-state index contributed by atoms with van der Waals surface area (Å²) in [6, 6.07) is 23.7. The van der Waals surface area contributed by atoms with Crippen LogP contribution in [0.1, 0.15) is 48.6 Å². The number of rotatable bonds is 8. The zero-order valence-corrected chi connectivity index (χ0v) is 16.5. The van der Waals surface area contributed by atoms with Gasteiger partial charge in [0.1, 0.15) is 0 Å². The van der Waals surface area contributed by atoms with Crippen molar-refractivity contribution < 1.29 is 14.4 Å². The number of carbonyl (C=O) groups excluding carboxylic acids is 3. The summed E-state index contributed by atoms with van der Waals surface area (Å²) in [5.74, 6) is -0.417. The lowest BCUT2D eigenvalue weighted by Gasteiger charge is -2.14. The van der Waals surface area contributed by atoms with Crippen LogP contribution in [0.15, 0.2) is 78.9 Å². The maximum absolute atomic E-state index is 12.4. The van der Waals surface area contributed by atoms with Crippen LogP contribution in [0.25, 0.3) is 0 Å². The Balaban J connectivity index is 1.23. The Morgan fingerprint density at radius 1 is 0.733 bits per heavy atom. The van der Waals surface area contributed by atoms with Gasteiger partial charge in [-0.2, -0.15) is 0 Å². The second-order valence-electron chi connectivity index (χ2n) is 7.23. The van der Waals surface area contributed by atoms with Crippen molar-refractivity contribution in [1.29, 1.82) is 0 Å². The fourth-order valence-electron chi connectivity index (χ4n) is 3.57. The summed E-state index contributed by atoms with van der Waals surface area (Å²) < 4.78 is 0. The molecule has 4 rings (SSSR count). The van der Waals surface area contributed by atoms with Gasteiger partial charge in [-0.25, -0.2) is 0 Å². The molecule has 1 aliphatic rings. The van der Waals surface area contributed by atoms with Crippen LogP contribution in [-0.2, 0) is 6.54 Å². The zero-order chi connectivity index (χ0) is 20.9. The summed E-state index contributed by atoms with van der Waals surface area (Å²) in [6.07, 6.45) is 0.677. The molecule has 0 saturated heterocycles. The highest BCUT2D eigenvalue weighted by Gasteiger charge is 2.34. The van der Waals surface area contributed by atoms with E-state index >= 15 is 0 Å². The number of nitrogens with one attached hydrogen (secondary N) is 1. The van der Waals surface area contributed by atoms with E-state index in [1.165, 1.54) is 4.90 Å². The molecule has 1 heterocycles. The Morgan fingerprint density at radius 3 is 1.93 bits per heavy atom. The van der Waals surface area contributed by atoms with Crippen LogP contribution in [0.4, 0.5) is 0 Å². The van der Waals surface area contributed by atoms with Crippen LogP contribution >= 0.6 is 0 Å². The van der Waals surface area contributed by atoms with Gasteiger partial charge in [-0.1, -0.05) is 66.7 Å². The molecule has 0 spiro atoms. The highest BCUT2D eigenvalue weighted by molar-refractivity contribution is 6.21. The lowest BCUT2D eigenvalue weighted by atomic mass is 10.0. The molecule has 0 aromatic heterocycles. The van der Waals surface area contributed by atoms with Gasteiger partial charge in [-0.3, -0.25) is 19.3 Å². The largest absolute Gasteiger partial charge is 0.313 e. The molecule has 5 nitrogen and oxygen atoms in total. The van der Waals surface area contributed by atoms with Crippen molar-refractivity contribution in [2.75, 3.05) is 13.1 Å². The van der Waals surface area contributed by atoms with Gasteiger partial charge in [0, 0.05) is 24.2 Å². The van der Waals surface area contributed by atoms with E-state index in [1.54, 1.807) is 24.3 Å². The van der Waals surface area contributed by atoms with E-state index in [1.807, 2.05) is 54.6 Å². The molecule has 2 amide bonds. The molecule has 0 unspecified atom stereocenters. The van der Waals surface area contributed by atoms with Gasteiger partial charge in [0.05, 0.1) is 11.1 Å². The van der Waals surface area contributed by atoms with Crippen LogP contribution < -0.4 is 5.32 Å². The van der Waals surface area contributed by atoms with E-state index in [0.29, 0.717) is 48.3 Å². The predicted octanol–water partition coefficient (Wildman–Crippen LogP) is 3.69. The first kappa shape index (κ1) is 19.7. The molecule has 0 radical (unpaired) electrons. The number of hydrogen-bond donors (Lipinski definition) is 1. The van der Waals surface area contributed by atoms with Gasteiger partial charge in [-0.15, -0.1) is 0 Å². The van der Waals surface area contributed by atoms with Crippen molar-refractivity contribution in [2.45, 2.75) is 13.0 Å². The fraction of sp³-hybridized carbons (Fsp3) is 0.160. The van der Waals surface area contributed by atoms with E-state index in [0.717, 1.165) is 5.56 Å². The van der Waals surface area contributed by atoms with Crippen LogP contribution in [0.3, 0.4) is 0 Å². The fourth-order valence-corrected chi connectivity index (χ4v) is 3.57. The number of nitrogens with zero attached hydrogens (tertiary/aromatic N) is 1. The number of amides is 2. The van der Waals surface area contributed by atoms with E-state index < -0.39 is 0 Å². The van der Waals surface area contributed by atoms with E-state index in [9.17, 15) is 14.4 Å². The smallest absolute Gasteiger partial charge is 0.261 e. The molecule has 150 valence electrons. The number of benzene rings is 3. The SMILES string of the molecule is O=C(c1ccccc1)c1ccc(CNCCCN2C(=O)c3ccccc3C2=O)cc1. The first-order valence-corrected chi connectivity index (χ1v) is 10.00. The molecule has 0 atom stereocenters. The lowest BCUT2D eigenvalue weighted by Crippen LogP contribution is -2.32. The first-order valence-electron chi connectivity index (χ1n) is 10.00. The third kappa shape index (κ3) is 4.07. The lowest BCUT2D eigenvalue weighted by molar-refractivity contribution is 0.0652. The van der Waals surface area contributed by atoms with Crippen molar-refractivity contribution in [1.82, 2.24) is 10.2 Å². The molecule has 3 aromatic carbocycles. The second kappa shape index (κ2) is 8.84. The number of carbonyl (C=O) groups is 3. The summed E-state index contributed by atoms with van der Waals surface area (Å²) in [6.45, 7) is 1.73. The molecule has 1 N–H and O–H groups in total. The minimum atomic E-state index is -0.214. The highest BCUT2D eigenvalue weighted by atomic mass is 16.2. The average molecular weight is 398 g/mol. The normalized spacial score (nSPS) is 12.9. The standard InChI is InChI=1S/C25H22N2O3/c28-23(19-7-2-1-3-8-19)20-13-11-18(12-14-20)17-26-15-6-16-27-24(29)21-9-4-5-10-22(21)25(27)30/h1-5,7-14,26H,6,15-17H2. The van der Waals surface area contributed by atoms with Crippen molar-refractivity contribution in [3.8, 4) is 0 Å². The number of hydrogen-bond acceptors (Lipinski definition) is 4. The molecule has 0 saturated carbocycles. The molecular formula is C25H22N2O3. The molecule has 5 heteroatoms.